The van der Waals surface area contributed by atoms with Gasteiger partial charge in [-0.2, -0.15) is 2.90 Å². The largest absolute Gasteiger partial charge is 0.491 e. The molecule has 7 heavy (non-hydrogen) atoms. The van der Waals surface area contributed by atoms with Crippen LogP contribution >= 0.6 is 22.9 Å². The van der Waals surface area contributed by atoms with Crippen LogP contribution in [0, 0.1) is 0 Å². The minimum atomic E-state index is -0.0469. The van der Waals surface area contributed by atoms with Gasteiger partial charge in [0.05, 0.1) is 22.9 Å². The average molecular weight is 211 g/mol. The number of hydrogen-bond donors (Lipinski definition) is 1. The van der Waals surface area contributed by atoms with E-state index in [1.807, 2.05) is 22.9 Å². The molecule has 1 aromatic heterocycles. The summed E-state index contributed by atoms with van der Waals surface area (Å²) in [6.07, 6.45) is 1.40. The molecule has 5 heteroatoms. The SMILES string of the molecule is Oc1cn(I)nn1. The Morgan fingerprint density at radius 3 is 2.71 bits per heavy atom. The summed E-state index contributed by atoms with van der Waals surface area (Å²) in [6.45, 7) is 0. The highest BCUT2D eigenvalue weighted by molar-refractivity contribution is 14.1. The predicted molar refractivity (Wildman–Crippen MR) is 31.1 cm³/mol. The molecule has 0 aliphatic rings. The predicted octanol–water partition coefficient (Wildman–Crippen LogP) is 0.182. The van der Waals surface area contributed by atoms with Crippen molar-refractivity contribution >= 4 is 22.9 Å². The molecule has 38 valence electrons. The van der Waals surface area contributed by atoms with Crippen molar-refractivity contribution in [3.8, 4) is 5.88 Å². The van der Waals surface area contributed by atoms with Crippen molar-refractivity contribution < 1.29 is 5.11 Å². The molecule has 1 N–H and O–H groups in total. The molecular weight excluding hydrogens is 209 g/mol. The maximum Gasteiger partial charge on any atom is 0.251 e. The molecule has 1 rings (SSSR count). The van der Waals surface area contributed by atoms with Crippen LogP contribution in [0.3, 0.4) is 0 Å². The molecule has 0 aliphatic heterocycles. The number of aromatic hydroxyl groups is 1. The average Bonchev–Trinajstić information content (AvgIpc) is 1.87. The number of hydrogen-bond acceptors (Lipinski definition) is 3. The number of aromatic nitrogens is 3. The minimum absolute atomic E-state index is 0.0469. The van der Waals surface area contributed by atoms with E-state index in [9.17, 15) is 0 Å². The third kappa shape index (κ3) is 1.02. The van der Waals surface area contributed by atoms with E-state index in [4.69, 9.17) is 5.11 Å². The second-order valence-corrected chi connectivity index (χ2v) is 1.95. The lowest BCUT2D eigenvalue weighted by Gasteiger charge is -1.70. The Balaban J connectivity index is 3.04. The van der Waals surface area contributed by atoms with E-state index in [0.29, 0.717) is 0 Å². The van der Waals surface area contributed by atoms with Gasteiger partial charge in [0.1, 0.15) is 6.20 Å². The Kier molecular flexibility index (Phi) is 1.13. The highest BCUT2D eigenvalue weighted by atomic mass is 127. The monoisotopic (exact) mass is 211 g/mol. The first-order chi connectivity index (χ1) is 3.29. The standard InChI is InChI=1S/C2H2IN3O/c3-6-1-2(7)4-5-6/h1,7H. The van der Waals surface area contributed by atoms with Crippen molar-refractivity contribution in [1.29, 1.82) is 0 Å². The van der Waals surface area contributed by atoms with Gasteiger partial charge in [0, 0.05) is 0 Å². The van der Waals surface area contributed by atoms with Crippen LogP contribution in [0.15, 0.2) is 6.20 Å². The van der Waals surface area contributed by atoms with Gasteiger partial charge in [0.2, 0.25) is 0 Å². The zero-order valence-corrected chi connectivity index (χ0v) is 5.40. The molecule has 0 unspecified atom stereocenters. The summed E-state index contributed by atoms with van der Waals surface area (Å²) in [5.74, 6) is -0.0469. The van der Waals surface area contributed by atoms with Crippen molar-refractivity contribution in [2.75, 3.05) is 0 Å². The molecule has 1 heterocycles. The zero-order chi connectivity index (χ0) is 5.28. The summed E-state index contributed by atoms with van der Waals surface area (Å²) in [7, 11) is 0. The molecule has 0 aromatic carbocycles. The number of rotatable bonds is 0. The molecule has 0 amide bonds. The second kappa shape index (κ2) is 1.65. The van der Waals surface area contributed by atoms with Gasteiger partial charge < -0.3 is 5.11 Å². The molecule has 0 fully saturated rings. The van der Waals surface area contributed by atoms with E-state index in [1.165, 1.54) is 9.09 Å². The molecule has 0 radical (unpaired) electrons. The summed E-state index contributed by atoms with van der Waals surface area (Å²) in [6, 6.07) is 0. The lowest BCUT2D eigenvalue weighted by atomic mass is 10.9. The molecular formula is C2H2IN3O. The van der Waals surface area contributed by atoms with Gasteiger partial charge in [-0.15, -0.1) is 0 Å². The molecule has 0 bridgehead atoms. The van der Waals surface area contributed by atoms with E-state index < -0.39 is 0 Å². The van der Waals surface area contributed by atoms with Crippen LogP contribution in [-0.2, 0) is 0 Å². The third-order valence-electron chi connectivity index (χ3n) is 0.455. The van der Waals surface area contributed by atoms with Gasteiger partial charge in [-0.3, -0.25) is 0 Å². The van der Waals surface area contributed by atoms with Gasteiger partial charge in [-0.1, -0.05) is 10.3 Å². The summed E-state index contributed by atoms with van der Waals surface area (Å²) < 4.78 is 1.40. The summed E-state index contributed by atoms with van der Waals surface area (Å²) in [4.78, 5) is 0. The molecule has 0 saturated carbocycles. The van der Waals surface area contributed by atoms with Crippen LogP contribution in [0.1, 0.15) is 0 Å². The number of halogens is 1. The minimum Gasteiger partial charge on any atom is -0.491 e. The lowest BCUT2D eigenvalue weighted by Crippen LogP contribution is -1.75. The first kappa shape index (κ1) is 4.82. The van der Waals surface area contributed by atoms with Crippen molar-refractivity contribution in [2.24, 2.45) is 0 Å². The fourth-order valence-corrected chi connectivity index (χ4v) is 0.581. The van der Waals surface area contributed by atoms with Crippen LogP contribution in [0.25, 0.3) is 0 Å². The van der Waals surface area contributed by atoms with E-state index in [1.54, 1.807) is 0 Å². The Morgan fingerprint density at radius 2 is 2.57 bits per heavy atom. The van der Waals surface area contributed by atoms with Crippen molar-refractivity contribution in [3.05, 3.63) is 6.20 Å². The molecule has 4 nitrogen and oxygen atoms in total. The summed E-state index contributed by atoms with van der Waals surface area (Å²) in [5, 5.41) is 15.2. The summed E-state index contributed by atoms with van der Waals surface area (Å²) in [5.41, 5.74) is 0. The number of nitrogens with zero attached hydrogens (tertiary/aromatic N) is 3. The van der Waals surface area contributed by atoms with Crippen LogP contribution in [0.5, 0.6) is 5.88 Å². The lowest BCUT2D eigenvalue weighted by molar-refractivity contribution is 0.452. The zero-order valence-electron chi connectivity index (χ0n) is 3.24. The van der Waals surface area contributed by atoms with Crippen LogP contribution < -0.4 is 0 Å². The van der Waals surface area contributed by atoms with Gasteiger partial charge in [-0.25, -0.2) is 0 Å². The first-order valence-electron chi connectivity index (χ1n) is 1.56. The highest BCUT2D eigenvalue weighted by Crippen LogP contribution is 2.00. The quantitative estimate of drug-likeness (QED) is 0.622. The Bertz CT molecular complexity index is 145. The van der Waals surface area contributed by atoms with Gasteiger partial charge >= 0.3 is 0 Å². The molecule has 0 spiro atoms. The van der Waals surface area contributed by atoms with E-state index in [2.05, 4.69) is 10.3 Å². The van der Waals surface area contributed by atoms with E-state index in [-0.39, 0.29) is 5.88 Å². The first-order valence-corrected chi connectivity index (χ1v) is 2.53. The normalized spacial score (nSPS) is 9.29. The van der Waals surface area contributed by atoms with Crippen molar-refractivity contribution in [2.45, 2.75) is 0 Å². The fourth-order valence-electron chi connectivity index (χ4n) is 0.235. The summed E-state index contributed by atoms with van der Waals surface area (Å²) >= 11 is 1.88. The second-order valence-electron chi connectivity index (χ2n) is 0.965. The van der Waals surface area contributed by atoms with Gasteiger partial charge in [0.25, 0.3) is 5.88 Å². The topological polar surface area (TPSA) is 50.9 Å². The Hall–Kier alpha value is -0.330. The van der Waals surface area contributed by atoms with Gasteiger partial charge in [0.15, 0.2) is 0 Å². The van der Waals surface area contributed by atoms with E-state index in [0.717, 1.165) is 0 Å². The highest BCUT2D eigenvalue weighted by Gasteiger charge is 1.88. The maximum atomic E-state index is 8.45. The fraction of sp³-hybridized carbons (Fsp3) is 0. The van der Waals surface area contributed by atoms with Crippen LogP contribution in [0.2, 0.25) is 0 Å². The Morgan fingerprint density at radius 1 is 1.86 bits per heavy atom. The van der Waals surface area contributed by atoms with E-state index >= 15 is 0 Å². The van der Waals surface area contributed by atoms with Crippen LogP contribution in [0.4, 0.5) is 0 Å². The van der Waals surface area contributed by atoms with Crippen molar-refractivity contribution in [3.63, 3.8) is 0 Å². The van der Waals surface area contributed by atoms with Crippen LogP contribution in [-0.4, -0.2) is 18.3 Å². The maximum absolute atomic E-state index is 8.45. The third-order valence-corrected chi connectivity index (χ3v) is 0.926. The molecule has 0 aliphatic carbocycles. The molecule has 1 aromatic rings. The molecule has 0 saturated heterocycles. The smallest absolute Gasteiger partial charge is 0.251 e. The van der Waals surface area contributed by atoms with Gasteiger partial charge in [-0.05, 0) is 0 Å². The molecule has 0 atom stereocenters. The Labute approximate surface area is 53.6 Å². The van der Waals surface area contributed by atoms with Crippen molar-refractivity contribution in [1.82, 2.24) is 13.2 Å².